The van der Waals surface area contributed by atoms with E-state index < -0.39 is 0 Å². The molecule has 0 aliphatic heterocycles. The Bertz CT molecular complexity index is 805. The van der Waals surface area contributed by atoms with Crippen molar-refractivity contribution in [3.8, 4) is 11.5 Å². The Morgan fingerprint density at radius 2 is 1.71 bits per heavy atom. The predicted molar refractivity (Wildman–Crippen MR) is 84.8 cm³/mol. The van der Waals surface area contributed by atoms with Crippen LogP contribution in [0.4, 0.5) is 0 Å². The van der Waals surface area contributed by atoms with Crippen LogP contribution in [-0.4, -0.2) is 20.0 Å². The Kier molecular flexibility index (Phi) is 3.62. The molecule has 0 saturated carbocycles. The molecule has 0 fully saturated rings. The minimum Gasteiger partial charge on any atom is -0.497 e. The maximum absolute atomic E-state index is 12.6. The van der Waals surface area contributed by atoms with Gasteiger partial charge < -0.3 is 9.47 Å². The lowest BCUT2D eigenvalue weighted by Crippen LogP contribution is -1.98. The molecule has 3 aromatic rings. The van der Waals surface area contributed by atoms with Gasteiger partial charge in [-0.3, -0.25) is 4.79 Å². The summed E-state index contributed by atoms with van der Waals surface area (Å²) in [4.78, 5) is 13.3. The Balaban J connectivity index is 2.00. The second kappa shape index (κ2) is 5.58. The number of carbonyl (C=O) groups excluding carboxylic acids is 1. The van der Waals surface area contributed by atoms with Gasteiger partial charge in [0, 0.05) is 10.3 Å². The number of thiophene rings is 1. The smallest absolute Gasteiger partial charge is 0.203 e. The highest BCUT2D eigenvalue weighted by molar-refractivity contribution is 7.21. The van der Waals surface area contributed by atoms with Crippen molar-refractivity contribution in [2.45, 2.75) is 0 Å². The van der Waals surface area contributed by atoms with Crippen LogP contribution in [0, 0.1) is 0 Å². The maximum Gasteiger partial charge on any atom is 0.203 e. The van der Waals surface area contributed by atoms with Crippen LogP contribution in [0.3, 0.4) is 0 Å². The molecule has 2 aromatic carbocycles. The minimum absolute atomic E-state index is 0.00840. The van der Waals surface area contributed by atoms with E-state index in [9.17, 15) is 4.79 Å². The summed E-state index contributed by atoms with van der Waals surface area (Å²) in [6, 6.07) is 14.9. The van der Waals surface area contributed by atoms with Crippen molar-refractivity contribution in [3.63, 3.8) is 0 Å². The van der Waals surface area contributed by atoms with Gasteiger partial charge in [0.25, 0.3) is 0 Å². The molecule has 0 saturated heterocycles. The van der Waals surface area contributed by atoms with Crippen LogP contribution < -0.4 is 9.47 Å². The van der Waals surface area contributed by atoms with Crippen LogP contribution in [0.2, 0.25) is 0 Å². The molecule has 0 radical (unpaired) electrons. The molecule has 0 aliphatic rings. The van der Waals surface area contributed by atoms with Gasteiger partial charge in [0.1, 0.15) is 11.5 Å². The van der Waals surface area contributed by atoms with Crippen molar-refractivity contribution in [2.24, 2.45) is 0 Å². The van der Waals surface area contributed by atoms with E-state index in [1.54, 1.807) is 26.4 Å². The van der Waals surface area contributed by atoms with E-state index in [-0.39, 0.29) is 5.78 Å². The fraction of sp³-hybridized carbons (Fsp3) is 0.118. The number of hydrogen-bond donors (Lipinski definition) is 0. The van der Waals surface area contributed by atoms with Gasteiger partial charge >= 0.3 is 0 Å². The van der Waals surface area contributed by atoms with E-state index in [4.69, 9.17) is 9.47 Å². The first-order valence-electron chi connectivity index (χ1n) is 6.47. The Morgan fingerprint density at radius 1 is 0.952 bits per heavy atom. The van der Waals surface area contributed by atoms with E-state index in [0.717, 1.165) is 15.8 Å². The maximum atomic E-state index is 12.6. The van der Waals surface area contributed by atoms with Crippen LogP contribution >= 0.6 is 11.3 Å². The number of ether oxygens (including phenoxy) is 2. The summed E-state index contributed by atoms with van der Waals surface area (Å²) in [5.41, 5.74) is 0.632. The standard InChI is InChI=1S/C17H14O3S/c1-19-13-5-3-4-12(8-13)17(18)16-9-11-6-7-14(20-2)10-15(11)21-16/h3-10H,1-2H3. The zero-order valence-corrected chi connectivity index (χ0v) is 12.6. The monoisotopic (exact) mass is 298 g/mol. The lowest BCUT2D eigenvalue weighted by Gasteiger charge is -2.02. The normalized spacial score (nSPS) is 10.6. The summed E-state index contributed by atoms with van der Waals surface area (Å²) >= 11 is 1.47. The number of carbonyl (C=O) groups is 1. The first kappa shape index (κ1) is 13.6. The molecule has 0 atom stereocenters. The van der Waals surface area contributed by atoms with Crippen LogP contribution in [0.25, 0.3) is 10.1 Å². The van der Waals surface area contributed by atoms with Gasteiger partial charge in [-0.15, -0.1) is 11.3 Å². The molecule has 0 aliphatic carbocycles. The minimum atomic E-state index is 0.00840. The summed E-state index contributed by atoms with van der Waals surface area (Å²) in [6.45, 7) is 0. The van der Waals surface area contributed by atoms with Crippen LogP contribution in [0.1, 0.15) is 15.2 Å². The average Bonchev–Trinajstić information content (AvgIpc) is 2.97. The van der Waals surface area contributed by atoms with Gasteiger partial charge in [0.2, 0.25) is 5.78 Å². The van der Waals surface area contributed by atoms with E-state index in [0.29, 0.717) is 16.2 Å². The quantitative estimate of drug-likeness (QED) is 0.679. The van der Waals surface area contributed by atoms with Crippen molar-refractivity contribution in [1.29, 1.82) is 0 Å². The molecule has 3 nitrogen and oxygen atoms in total. The van der Waals surface area contributed by atoms with Gasteiger partial charge in [-0.05, 0) is 41.8 Å². The highest BCUT2D eigenvalue weighted by atomic mass is 32.1. The molecule has 1 heterocycles. The first-order valence-corrected chi connectivity index (χ1v) is 7.29. The SMILES string of the molecule is COc1cccc(C(=O)c2cc3ccc(OC)cc3s2)c1. The Labute approximate surface area is 126 Å². The van der Waals surface area contributed by atoms with Crippen LogP contribution in [0.15, 0.2) is 48.5 Å². The van der Waals surface area contributed by atoms with E-state index in [1.807, 2.05) is 36.4 Å². The zero-order chi connectivity index (χ0) is 14.8. The number of rotatable bonds is 4. The number of benzene rings is 2. The summed E-state index contributed by atoms with van der Waals surface area (Å²) < 4.78 is 11.4. The Hall–Kier alpha value is -2.33. The highest BCUT2D eigenvalue weighted by Crippen LogP contribution is 2.30. The fourth-order valence-electron chi connectivity index (χ4n) is 2.16. The zero-order valence-electron chi connectivity index (χ0n) is 11.8. The molecule has 3 rings (SSSR count). The molecule has 0 N–H and O–H groups in total. The second-order valence-corrected chi connectivity index (χ2v) is 5.66. The predicted octanol–water partition coefficient (Wildman–Crippen LogP) is 4.15. The summed E-state index contributed by atoms with van der Waals surface area (Å²) in [6.07, 6.45) is 0. The van der Waals surface area contributed by atoms with Gasteiger partial charge in [-0.1, -0.05) is 12.1 Å². The highest BCUT2D eigenvalue weighted by Gasteiger charge is 2.13. The average molecular weight is 298 g/mol. The van der Waals surface area contributed by atoms with E-state index in [2.05, 4.69) is 0 Å². The van der Waals surface area contributed by atoms with E-state index in [1.165, 1.54) is 11.3 Å². The van der Waals surface area contributed by atoms with Crippen molar-refractivity contribution >= 4 is 27.2 Å². The lowest BCUT2D eigenvalue weighted by atomic mass is 10.1. The van der Waals surface area contributed by atoms with Gasteiger partial charge in [-0.25, -0.2) is 0 Å². The van der Waals surface area contributed by atoms with Gasteiger partial charge in [0.05, 0.1) is 19.1 Å². The third-order valence-electron chi connectivity index (χ3n) is 3.28. The lowest BCUT2D eigenvalue weighted by molar-refractivity contribution is 0.104. The molecule has 0 unspecified atom stereocenters. The van der Waals surface area contributed by atoms with Crippen LogP contribution in [-0.2, 0) is 0 Å². The molecular weight excluding hydrogens is 284 g/mol. The number of hydrogen-bond acceptors (Lipinski definition) is 4. The molecular formula is C17H14O3S. The molecule has 21 heavy (non-hydrogen) atoms. The number of methoxy groups -OCH3 is 2. The topological polar surface area (TPSA) is 35.5 Å². The number of ketones is 1. The van der Waals surface area contributed by atoms with Gasteiger partial charge in [-0.2, -0.15) is 0 Å². The van der Waals surface area contributed by atoms with Crippen molar-refractivity contribution in [1.82, 2.24) is 0 Å². The molecule has 4 heteroatoms. The third-order valence-corrected chi connectivity index (χ3v) is 4.38. The van der Waals surface area contributed by atoms with Crippen molar-refractivity contribution in [3.05, 3.63) is 59.0 Å². The largest absolute Gasteiger partial charge is 0.497 e. The van der Waals surface area contributed by atoms with Crippen LogP contribution in [0.5, 0.6) is 11.5 Å². The third kappa shape index (κ3) is 2.62. The van der Waals surface area contributed by atoms with Gasteiger partial charge in [0.15, 0.2) is 0 Å². The summed E-state index contributed by atoms with van der Waals surface area (Å²) in [7, 11) is 3.23. The molecule has 106 valence electrons. The first-order chi connectivity index (χ1) is 10.2. The van der Waals surface area contributed by atoms with Crippen molar-refractivity contribution in [2.75, 3.05) is 14.2 Å². The number of fused-ring (bicyclic) bond motifs is 1. The fourth-order valence-corrected chi connectivity index (χ4v) is 3.21. The molecule has 1 aromatic heterocycles. The Morgan fingerprint density at radius 3 is 2.48 bits per heavy atom. The second-order valence-electron chi connectivity index (χ2n) is 4.58. The summed E-state index contributed by atoms with van der Waals surface area (Å²) in [5, 5.41) is 1.05. The van der Waals surface area contributed by atoms with E-state index >= 15 is 0 Å². The molecule has 0 amide bonds. The molecule has 0 spiro atoms. The summed E-state index contributed by atoms with van der Waals surface area (Å²) in [5.74, 6) is 1.49. The van der Waals surface area contributed by atoms with Crippen molar-refractivity contribution < 1.29 is 14.3 Å². The molecule has 0 bridgehead atoms.